The number of benzene rings is 1. The fourth-order valence-electron chi connectivity index (χ4n) is 2.24. The lowest BCUT2D eigenvalue weighted by molar-refractivity contribution is 0.408. The van der Waals surface area contributed by atoms with Crippen molar-refractivity contribution in [2.24, 2.45) is 0 Å². The largest absolute Gasteiger partial charge is 0.496 e. The van der Waals surface area contributed by atoms with Gasteiger partial charge in [-0.05, 0) is 44.5 Å². The number of rotatable bonds is 3. The van der Waals surface area contributed by atoms with Crippen molar-refractivity contribution in [3.63, 3.8) is 0 Å². The number of methoxy groups -OCH3 is 1. The molecule has 0 aliphatic carbocycles. The third-order valence-corrected chi connectivity index (χ3v) is 3.79. The third kappa shape index (κ3) is 2.47. The van der Waals surface area contributed by atoms with Gasteiger partial charge < -0.3 is 9.15 Å². The maximum atomic E-state index is 13.4. The first kappa shape index (κ1) is 13.9. The smallest absolute Gasteiger partial charge is 0.124 e. The average molecular weight is 283 g/mol. The van der Waals surface area contributed by atoms with Gasteiger partial charge in [0.2, 0.25) is 0 Å². The molecule has 0 aliphatic rings. The molecule has 19 heavy (non-hydrogen) atoms. The van der Waals surface area contributed by atoms with Crippen molar-refractivity contribution in [1.82, 2.24) is 0 Å². The van der Waals surface area contributed by atoms with E-state index in [-0.39, 0.29) is 5.82 Å². The summed E-state index contributed by atoms with van der Waals surface area (Å²) < 4.78 is 24.2. The van der Waals surface area contributed by atoms with Gasteiger partial charge in [0.25, 0.3) is 0 Å². The van der Waals surface area contributed by atoms with E-state index in [9.17, 15) is 4.39 Å². The highest BCUT2D eigenvalue weighted by Crippen LogP contribution is 2.40. The number of furan rings is 1. The van der Waals surface area contributed by atoms with Crippen molar-refractivity contribution in [2.75, 3.05) is 7.11 Å². The summed E-state index contributed by atoms with van der Waals surface area (Å²) in [6, 6.07) is 4.33. The molecule has 1 aromatic heterocycles. The molecule has 0 saturated carbocycles. The molecular formula is C15H16ClFO2. The maximum Gasteiger partial charge on any atom is 0.124 e. The monoisotopic (exact) mass is 282 g/mol. The van der Waals surface area contributed by atoms with Crippen LogP contribution in [0.5, 0.6) is 5.75 Å². The molecule has 0 fully saturated rings. The molecule has 0 saturated heterocycles. The van der Waals surface area contributed by atoms with Crippen LogP contribution in [0, 0.1) is 26.6 Å². The summed E-state index contributed by atoms with van der Waals surface area (Å²) in [7, 11) is 1.54. The molecular weight excluding hydrogens is 267 g/mol. The zero-order chi connectivity index (χ0) is 14.2. The van der Waals surface area contributed by atoms with Crippen LogP contribution >= 0.6 is 11.6 Å². The van der Waals surface area contributed by atoms with Crippen molar-refractivity contribution in [1.29, 1.82) is 0 Å². The molecule has 0 aliphatic heterocycles. The highest BCUT2D eigenvalue weighted by atomic mass is 35.5. The zero-order valence-electron chi connectivity index (χ0n) is 11.4. The van der Waals surface area contributed by atoms with Crippen LogP contribution in [0.4, 0.5) is 4.39 Å². The second kappa shape index (κ2) is 5.25. The predicted molar refractivity (Wildman–Crippen MR) is 73.6 cm³/mol. The molecule has 2 rings (SSSR count). The summed E-state index contributed by atoms with van der Waals surface area (Å²) in [5.41, 5.74) is 2.48. The van der Waals surface area contributed by atoms with Crippen molar-refractivity contribution in [3.8, 4) is 5.75 Å². The molecule has 1 atom stereocenters. The Kier molecular flexibility index (Phi) is 3.85. The van der Waals surface area contributed by atoms with Crippen molar-refractivity contribution in [2.45, 2.75) is 26.1 Å². The Labute approximate surface area is 117 Å². The summed E-state index contributed by atoms with van der Waals surface area (Å²) in [6.45, 7) is 5.69. The van der Waals surface area contributed by atoms with Gasteiger partial charge in [-0.1, -0.05) is 0 Å². The lowest BCUT2D eigenvalue weighted by atomic mass is 10.00. The quantitative estimate of drug-likeness (QED) is 0.763. The molecule has 1 unspecified atom stereocenters. The number of aryl methyl sites for hydroxylation is 2. The highest BCUT2D eigenvalue weighted by molar-refractivity contribution is 6.23. The molecule has 102 valence electrons. The normalized spacial score (nSPS) is 12.5. The summed E-state index contributed by atoms with van der Waals surface area (Å²) >= 11 is 6.50. The number of alkyl halides is 1. The predicted octanol–water partition coefficient (Wildman–Crippen LogP) is 4.68. The Morgan fingerprint density at radius 3 is 2.42 bits per heavy atom. The Bertz CT molecular complexity index is 604. The molecule has 2 nitrogen and oxygen atoms in total. The molecule has 2 aromatic rings. The standard InChI is InChI=1S/C15H16ClFO2/c1-8-9(2)19-10(3)14(8)15(16)12-7-11(17)5-6-13(12)18-4/h5-7,15H,1-4H3. The topological polar surface area (TPSA) is 22.4 Å². The molecule has 0 amide bonds. The van der Waals surface area contributed by atoms with E-state index in [4.69, 9.17) is 20.8 Å². The number of ether oxygens (including phenoxy) is 1. The van der Waals surface area contributed by atoms with E-state index in [1.54, 1.807) is 13.2 Å². The summed E-state index contributed by atoms with van der Waals surface area (Å²) in [6.07, 6.45) is 0. The Balaban J connectivity index is 2.55. The number of halogens is 2. The third-order valence-electron chi connectivity index (χ3n) is 3.34. The minimum atomic E-state index is -0.497. The van der Waals surface area contributed by atoms with Gasteiger partial charge in [-0.3, -0.25) is 0 Å². The summed E-state index contributed by atoms with van der Waals surface area (Å²) in [4.78, 5) is 0. The minimum Gasteiger partial charge on any atom is -0.496 e. The van der Waals surface area contributed by atoms with Crippen molar-refractivity contribution < 1.29 is 13.5 Å². The second-order valence-corrected chi connectivity index (χ2v) is 4.94. The molecule has 0 spiro atoms. The Hall–Kier alpha value is -1.48. The van der Waals surface area contributed by atoms with Crippen LogP contribution < -0.4 is 4.74 Å². The van der Waals surface area contributed by atoms with Crippen LogP contribution in [-0.4, -0.2) is 7.11 Å². The zero-order valence-corrected chi connectivity index (χ0v) is 12.1. The second-order valence-electron chi connectivity index (χ2n) is 4.50. The first-order chi connectivity index (χ1) is 8.95. The van der Waals surface area contributed by atoms with Gasteiger partial charge in [-0.2, -0.15) is 0 Å². The molecule has 1 heterocycles. The maximum absolute atomic E-state index is 13.4. The highest BCUT2D eigenvalue weighted by Gasteiger charge is 2.23. The van der Waals surface area contributed by atoms with E-state index >= 15 is 0 Å². The first-order valence-electron chi connectivity index (χ1n) is 5.99. The van der Waals surface area contributed by atoms with Crippen LogP contribution in [0.3, 0.4) is 0 Å². The minimum absolute atomic E-state index is 0.336. The van der Waals surface area contributed by atoms with Gasteiger partial charge in [0.15, 0.2) is 0 Å². The lowest BCUT2D eigenvalue weighted by Gasteiger charge is -2.14. The molecule has 4 heteroatoms. The molecule has 0 radical (unpaired) electrons. The van der Waals surface area contributed by atoms with Crippen molar-refractivity contribution in [3.05, 3.63) is 52.2 Å². The number of hydrogen-bond acceptors (Lipinski definition) is 2. The van der Waals surface area contributed by atoms with Gasteiger partial charge in [-0.25, -0.2) is 4.39 Å². The Morgan fingerprint density at radius 1 is 1.21 bits per heavy atom. The van der Waals surface area contributed by atoms with E-state index in [2.05, 4.69) is 0 Å². The van der Waals surface area contributed by atoms with Crippen LogP contribution in [0.2, 0.25) is 0 Å². The molecule has 1 aromatic carbocycles. The van der Waals surface area contributed by atoms with Gasteiger partial charge in [0.05, 0.1) is 12.5 Å². The van der Waals surface area contributed by atoms with E-state index in [0.717, 1.165) is 22.6 Å². The SMILES string of the molecule is COc1ccc(F)cc1C(Cl)c1c(C)oc(C)c1C. The van der Waals surface area contributed by atoms with Gasteiger partial charge in [0.1, 0.15) is 23.1 Å². The van der Waals surface area contributed by atoms with Crippen LogP contribution in [0.25, 0.3) is 0 Å². The van der Waals surface area contributed by atoms with E-state index in [1.165, 1.54) is 12.1 Å². The fourth-order valence-corrected chi connectivity index (χ4v) is 2.73. The molecule has 0 bridgehead atoms. The number of hydrogen-bond donors (Lipinski definition) is 0. The fraction of sp³-hybridized carbons (Fsp3) is 0.333. The first-order valence-corrected chi connectivity index (χ1v) is 6.43. The average Bonchev–Trinajstić information content (AvgIpc) is 2.62. The lowest BCUT2D eigenvalue weighted by Crippen LogP contribution is -2.00. The van der Waals surface area contributed by atoms with Crippen LogP contribution in [0.1, 0.15) is 33.6 Å². The molecule has 0 N–H and O–H groups in total. The summed E-state index contributed by atoms with van der Waals surface area (Å²) in [5, 5.41) is -0.497. The van der Waals surface area contributed by atoms with E-state index in [0.29, 0.717) is 11.3 Å². The van der Waals surface area contributed by atoms with Gasteiger partial charge >= 0.3 is 0 Å². The van der Waals surface area contributed by atoms with Crippen LogP contribution in [-0.2, 0) is 0 Å². The van der Waals surface area contributed by atoms with Crippen molar-refractivity contribution >= 4 is 11.6 Å². The Morgan fingerprint density at radius 2 is 1.89 bits per heavy atom. The summed E-state index contributed by atoms with van der Waals surface area (Å²) in [5.74, 6) is 1.81. The van der Waals surface area contributed by atoms with Gasteiger partial charge in [-0.15, -0.1) is 11.6 Å². The van der Waals surface area contributed by atoms with Crippen LogP contribution in [0.15, 0.2) is 22.6 Å². The van der Waals surface area contributed by atoms with Gasteiger partial charge in [0, 0.05) is 11.1 Å². The van der Waals surface area contributed by atoms with E-state index in [1.807, 2.05) is 20.8 Å². The van der Waals surface area contributed by atoms with E-state index < -0.39 is 5.38 Å².